The third-order valence-electron chi connectivity index (χ3n) is 8.22. The van der Waals surface area contributed by atoms with Gasteiger partial charge in [-0.3, -0.25) is 4.79 Å². The summed E-state index contributed by atoms with van der Waals surface area (Å²) >= 11 is 0. The highest BCUT2D eigenvalue weighted by atomic mass is 35.5. The summed E-state index contributed by atoms with van der Waals surface area (Å²) in [5.74, 6) is 3.74. The van der Waals surface area contributed by atoms with Crippen LogP contribution in [0.4, 0.5) is 0 Å². The van der Waals surface area contributed by atoms with Gasteiger partial charge >= 0.3 is 5.97 Å². The molecular weight excluding hydrogens is 470 g/mol. The van der Waals surface area contributed by atoms with E-state index in [9.17, 15) is 4.79 Å². The lowest BCUT2D eigenvalue weighted by molar-refractivity contribution is -0.132. The number of fused-ring (bicyclic) bond motifs is 1. The molecule has 2 N–H and O–H groups in total. The van der Waals surface area contributed by atoms with Gasteiger partial charge in [-0.1, -0.05) is 72.6 Å². The lowest BCUT2D eigenvalue weighted by atomic mass is 9.83. The zero-order valence-electron chi connectivity index (χ0n) is 24.4. The van der Waals surface area contributed by atoms with E-state index in [2.05, 4.69) is 41.5 Å². The number of benzene rings is 1. The zero-order chi connectivity index (χ0) is 26.2. The minimum Gasteiger partial charge on any atom is -0.487 e. The van der Waals surface area contributed by atoms with Gasteiger partial charge in [-0.2, -0.15) is 0 Å². The number of carbonyl (C=O) groups is 1. The molecule has 1 aliphatic heterocycles. The van der Waals surface area contributed by atoms with Gasteiger partial charge < -0.3 is 15.2 Å². The van der Waals surface area contributed by atoms with Crippen LogP contribution in [-0.2, 0) is 11.2 Å². The van der Waals surface area contributed by atoms with E-state index in [4.69, 9.17) is 15.2 Å². The molecule has 0 spiro atoms. The molecule has 4 nitrogen and oxygen atoms in total. The average molecular weight is 524 g/mol. The van der Waals surface area contributed by atoms with Gasteiger partial charge in [0, 0.05) is 5.56 Å². The van der Waals surface area contributed by atoms with E-state index in [-0.39, 0.29) is 24.6 Å². The minimum absolute atomic E-state index is 0. The molecule has 1 heterocycles. The first kappa shape index (κ1) is 32.8. The van der Waals surface area contributed by atoms with Crippen LogP contribution in [0.3, 0.4) is 0 Å². The summed E-state index contributed by atoms with van der Waals surface area (Å²) in [5, 5.41) is 0. The lowest BCUT2D eigenvalue weighted by Gasteiger charge is -2.38. The van der Waals surface area contributed by atoms with Crippen molar-refractivity contribution >= 4 is 18.4 Å². The molecule has 36 heavy (non-hydrogen) atoms. The van der Waals surface area contributed by atoms with Crippen molar-refractivity contribution in [3.05, 3.63) is 22.3 Å². The first-order valence-electron chi connectivity index (χ1n) is 14.2. The van der Waals surface area contributed by atoms with Crippen LogP contribution in [0, 0.1) is 38.5 Å². The Labute approximate surface area is 227 Å². The molecule has 0 saturated carbocycles. The van der Waals surface area contributed by atoms with Gasteiger partial charge in [0.1, 0.15) is 17.1 Å². The monoisotopic (exact) mass is 523 g/mol. The molecule has 0 fully saturated rings. The van der Waals surface area contributed by atoms with Gasteiger partial charge in [-0.05, 0) is 87.8 Å². The SMILES string of the molecule is Cc1c(C)c2c(c(C)c1OC(=O)CN)CC[C@@](C)(CCC[C@H](C)CCC[C@H](C)CCCC(C)C)O2.Cl. The van der Waals surface area contributed by atoms with Crippen LogP contribution in [0.25, 0.3) is 0 Å². The van der Waals surface area contributed by atoms with Crippen LogP contribution < -0.4 is 15.2 Å². The van der Waals surface area contributed by atoms with Crippen molar-refractivity contribution in [1.29, 1.82) is 0 Å². The summed E-state index contributed by atoms with van der Waals surface area (Å²) in [6, 6.07) is 0. The first-order chi connectivity index (χ1) is 16.5. The summed E-state index contributed by atoms with van der Waals surface area (Å²) in [4.78, 5) is 11.8. The van der Waals surface area contributed by atoms with E-state index in [1.807, 2.05) is 13.8 Å². The van der Waals surface area contributed by atoms with Crippen molar-refractivity contribution in [2.24, 2.45) is 23.5 Å². The molecule has 3 atom stereocenters. The Bertz CT molecular complexity index is 838. The predicted octanol–water partition coefficient (Wildman–Crippen LogP) is 8.42. The molecule has 1 aromatic carbocycles. The van der Waals surface area contributed by atoms with Crippen molar-refractivity contribution in [1.82, 2.24) is 0 Å². The molecule has 208 valence electrons. The number of ether oxygens (including phenoxy) is 2. The third-order valence-corrected chi connectivity index (χ3v) is 8.22. The number of hydrogen-bond acceptors (Lipinski definition) is 4. The van der Waals surface area contributed by atoms with Gasteiger partial charge in [0.2, 0.25) is 0 Å². The highest BCUT2D eigenvalue weighted by Crippen LogP contribution is 2.45. The molecule has 0 saturated heterocycles. The maximum absolute atomic E-state index is 11.8. The summed E-state index contributed by atoms with van der Waals surface area (Å²) in [6.07, 6.45) is 13.7. The Balaban J connectivity index is 0.00000648. The van der Waals surface area contributed by atoms with Crippen molar-refractivity contribution in [2.75, 3.05) is 6.54 Å². The van der Waals surface area contributed by atoms with Crippen LogP contribution in [0.2, 0.25) is 0 Å². The maximum Gasteiger partial charge on any atom is 0.325 e. The highest BCUT2D eigenvalue weighted by Gasteiger charge is 2.34. The van der Waals surface area contributed by atoms with Crippen molar-refractivity contribution < 1.29 is 14.3 Å². The molecule has 0 amide bonds. The van der Waals surface area contributed by atoms with Crippen LogP contribution in [0.15, 0.2) is 0 Å². The van der Waals surface area contributed by atoms with Gasteiger partial charge in [0.15, 0.2) is 0 Å². The maximum atomic E-state index is 11.8. The van der Waals surface area contributed by atoms with Gasteiger partial charge in [-0.25, -0.2) is 0 Å². The standard InChI is InChI=1S/C31H53NO3.ClH/c1-21(2)12-9-13-22(3)14-10-15-23(4)16-11-18-31(8)19-17-27-26(7)29(34-28(33)20-32)24(5)25(6)30(27)35-31;/h21-23H,9-20,32H2,1-8H3;1H/t22-,23-,31-;/m1./s1. The lowest BCUT2D eigenvalue weighted by Crippen LogP contribution is -2.37. The van der Waals surface area contributed by atoms with Crippen LogP contribution in [0.5, 0.6) is 11.5 Å². The number of carbonyl (C=O) groups excluding carboxylic acids is 1. The molecule has 2 rings (SSSR count). The quantitative estimate of drug-likeness (QED) is 0.196. The second-order valence-corrected chi connectivity index (χ2v) is 12.1. The predicted molar refractivity (Wildman–Crippen MR) is 155 cm³/mol. The largest absolute Gasteiger partial charge is 0.487 e. The van der Waals surface area contributed by atoms with E-state index >= 15 is 0 Å². The number of hydrogen-bond donors (Lipinski definition) is 1. The summed E-state index contributed by atoms with van der Waals surface area (Å²) in [7, 11) is 0. The zero-order valence-corrected chi connectivity index (χ0v) is 25.2. The fourth-order valence-electron chi connectivity index (χ4n) is 5.57. The fourth-order valence-corrected chi connectivity index (χ4v) is 5.57. The number of rotatable bonds is 14. The molecule has 0 aromatic heterocycles. The fraction of sp³-hybridized carbons (Fsp3) is 0.774. The van der Waals surface area contributed by atoms with Crippen molar-refractivity contribution in [2.45, 2.75) is 132 Å². The minimum atomic E-state index is -0.396. The van der Waals surface area contributed by atoms with Crippen LogP contribution >= 0.6 is 12.4 Å². The van der Waals surface area contributed by atoms with Gasteiger partial charge in [-0.15, -0.1) is 12.4 Å². The Kier molecular flexibility index (Phi) is 13.9. The third kappa shape index (κ3) is 9.56. The summed E-state index contributed by atoms with van der Waals surface area (Å²) in [5.41, 5.74) is 9.58. The Morgan fingerprint density at radius 2 is 1.47 bits per heavy atom. The van der Waals surface area contributed by atoms with Crippen LogP contribution in [0.1, 0.15) is 121 Å². The smallest absolute Gasteiger partial charge is 0.325 e. The second kappa shape index (κ2) is 15.2. The van der Waals surface area contributed by atoms with E-state index in [1.54, 1.807) is 0 Å². The van der Waals surface area contributed by atoms with Gasteiger partial charge in [0.25, 0.3) is 0 Å². The van der Waals surface area contributed by atoms with E-state index in [0.29, 0.717) is 5.75 Å². The molecule has 1 aromatic rings. The number of esters is 1. The van der Waals surface area contributed by atoms with Gasteiger partial charge in [0.05, 0.1) is 6.54 Å². The molecule has 0 radical (unpaired) electrons. The molecule has 1 aliphatic rings. The highest BCUT2D eigenvalue weighted by molar-refractivity contribution is 5.85. The number of nitrogens with two attached hydrogens (primary N) is 1. The molecular formula is C31H54ClNO3. The molecule has 0 aliphatic carbocycles. The Morgan fingerprint density at radius 3 is 2.03 bits per heavy atom. The van der Waals surface area contributed by atoms with E-state index in [0.717, 1.165) is 59.5 Å². The molecule has 0 unspecified atom stereocenters. The normalized spacial score (nSPS) is 18.7. The van der Waals surface area contributed by atoms with Crippen LogP contribution in [-0.4, -0.2) is 18.1 Å². The van der Waals surface area contributed by atoms with Crippen molar-refractivity contribution in [3.8, 4) is 11.5 Å². The van der Waals surface area contributed by atoms with E-state index in [1.165, 1.54) is 56.9 Å². The molecule has 0 bridgehead atoms. The molecule has 5 heteroatoms. The van der Waals surface area contributed by atoms with E-state index < -0.39 is 5.97 Å². The second-order valence-electron chi connectivity index (χ2n) is 12.1. The Morgan fingerprint density at radius 1 is 0.917 bits per heavy atom. The average Bonchev–Trinajstić information content (AvgIpc) is 2.79. The Hall–Kier alpha value is -1.26. The summed E-state index contributed by atoms with van der Waals surface area (Å²) in [6.45, 7) is 17.8. The topological polar surface area (TPSA) is 61.5 Å². The number of halogens is 1. The van der Waals surface area contributed by atoms with Crippen molar-refractivity contribution in [3.63, 3.8) is 0 Å². The summed E-state index contributed by atoms with van der Waals surface area (Å²) < 4.78 is 12.3. The first-order valence-corrected chi connectivity index (χ1v) is 14.2.